The molecular weight excluding hydrogens is 523 g/mol. The van der Waals surface area contributed by atoms with Crippen LogP contribution in [0.5, 0.6) is 0 Å². The number of aromatic nitrogens is 2. The van der Waals surface area contributed by atoms with E-state index in [-0.39, 0.29) is 17.8 Å². The summed E-state index contributed by atoms with van der Waals surface area (Å²) in [5.41, 5.74) is 4.80. The maximum absolute atomic E-state index is 13.9. The van der Waals surface area contributed by atoms with Crippen LogP contribution in [0.2, 0.25) is 5.02 Å². The van der Waals surface area contributed by atoms with Crippen molar-refractivity contribution in [1.82, 2.24) is 19.6 Å². The number of hydrogen-bond donors (Lipinski definition) is 0. The quantitative estimate of drug-likeness (QED) is 0.231. The fraction of sp³-hybridized carbons (Fsp3) is 0.152. The molecule has 7 heteroatoms. The van der Waals surface area contributed by atoms with Crippen LogP contribution in [0.25, 0.3) is 16.9 Å². The molecule has 0 saturated carbocycles. The number of carbonyl (C=O) groups is 1. The molecule has 1 aliphatic rings. The second kappa shape index (κ2) is 11.5. The van der Waals surface area contributed by atoms with Crippen molar-refractivity contribution in [2.45, 2.75) is 6.04 Å². The SMILES string of the molecule is O=C(c1cc(-c2ccccc2Cl)nn1-c1ccc(F)cc1)N1CCN(C(c2ccccc2)c2ccccc2)CC1. The molecule has 1 fully saturated rings. The molecule has 200 valence electrons. The Kier molecular flexibility index (Phi) is 7.45. The molecule has 0 atom stereocenters. The molecule has 0 radical (unpaired) electrons. The van der Waals surface area contributed by atoms with E-state index in [0.29, 0.717) is 35.2 Å². The summed E-state index contributed by atoms with van der Waals surface area (Å²) in [6.07, 6.45) is 0. The third-order valence-electron chi connectivity index (χ3n) is 7.35. The van der Waals surface area contributed by atoms with Gasteiger partial charge in [-0.15, -0.1) is 0 Å². The van der Waals surface area contributed by atoms with E-state index in [0.717, 1.165) is 18.7 Å². The zero-order valence-electron chi connectivity index (χ0n) is 21.8. The lowest BCUT2D eigenvalue weighted by Gasteiger charge is -2.39. The smallest absolute Gasteiger partial charge is 0.272 e. The summed E-state index contributed by atoms with van der Waals surface area (Å²) in [5.74, 6) is -0.469. The molecule has 40 heavy (non-hydrogen) atoms. The molecule has 0 spiro atoms. The second-order valence-electron chi connectivity index (χ2n) is 9.83. The maximum Gasteiger partial charge on any atom is 0.272 e. The highest BCUT2D eigenvalue weighted by molar-refractivity contribution is 6.33. The number of nitrogens with zero attached hydrogens (tertiary/aromatic N) is 4. The fourth-order valence-corrected chi connectivity index (χ4v) is 5.58. The van der Waals surface area contributed by atoms with Crippen molar-refractivity contribution in [3.8, 4) is 16.9 Å². The van der Waals surface area contributed by atoms with Gasteiger partial charge >= 0.3 is 0 Å². The molecule has 0 unspecified atom stereocenters. The first-order valence-electron chi connectivity index (χ1n) is 13.3. The highest BCUT2D eigenvalue weighted by Gasteiger charge is 2.30. The first kappa shape index (κ1) is 26.0. The molecule has 0 aliphatic carbocycles. The van der Waals surface area contributed by atoms with Crippen molar-refractivity contribution in [3.05, 3.63) is 143 Å². The Morgan fingerprint density at radius 1 is 0.750 bits per heavy atom. The van der Waals surface area contributed by atoms with Crippen molar-refractivity contribution >= 4 is 17.5 Å². The monoisotopic (exact) mass is 550 g/mol. The van der Waals surface area contributed by atoms with E-state index in [1.807, 2.05) is 35.2 Å². The lowest BCUT2D eigenvalue weighted by atomic mass is 9.96. The number of hydrogen-bond acceptors (Lipinski definition) is 3. The van der Waals surface area contributed by atoms with Gasteiger partial charge in [0.1, 0.15) is 11.5 Å². The summed E-state index contributed by atoms with van der Waals surface area (Å²) in [4.78, 5) is 18.2. The van der Waals surface area contributed by atoms with Gasteiger partial charge in [0.25, 0.3) is 5.91 Å². The van der Waals surface area contributed by atoms with Crippen molar-refractivity contribution in [1.29, 1.82) is 0 Å². The summed E-state index contributed by atoms with van der Waals surface area (Å²) in [7, 11) is 0. The molecule has 1 aliphatic heterocycles. The van der Waals surface area contributed by atoms with E-state index >= 15 is 0 Å². The summed E-state index contributed by atoms with van der Waals surface area (Å²) >= 11 is 6.46. The van der Waals surface area contributed by atoms with E-state index in [9.17, 15) is 9.18 Å². The lowest BCUT2D eigenvalue weighted by molar-refractivity contribution is 0.0589. The number of piperazine rings is 1. The molecule has 1 amide bonds. The average Bonchev–Trinajstić information content (AvgIpc) is 3.44. The summed E-state index contributed by atoms with van der Waals surface area (Å²) in [6, 6.07) is 36.2. The normalized spacial score (nSPS) is 14.0. The first-order chi connectivity index (χ1) is 19.6. The van der Waals surface area contributed by atoms with Crippen molar-refractivity contribution in [2.75, 3.05) is 26.2 Å². The van der Waals surface area contributed by atoms with Crippen LogP contribution in [0.15, 0.2) is 115 Å². The molecule has 1 saturated heterocycles. The predicted molar refractivity (Wildman–Crippen MR) is 156 cm³/mol. The molecule has 5 aromatic rings. The zero-order valence-corrected chi connectivity index (χ0v) is 22.6. The van der Waals surface area contributed by atoms with E-state index < -0.39 is 0 Å². The Balaban J connectivity index is 1.28. The predicted octanol–water partition coefficient (Wildman–Crippen LogP) is 6.88. The number of rotatable bonds is 6. The molecule has 6 rings (SSSR count). The molecule has 5 nitrogen and oxygen atoms in total. The van der Waals surface area contributed by atoms with Gasteiger partial charge < -0.3 is 4.90 Å². The Morgan fingerprint density at radius 3 is 1.93 bits per heavy atom. The van der Waals surface area contributed by atoms with Gasteiger partial charge in [0.05, 0.1) is 22.4 Å². The molecule has 0 N–H and O–H groups in total. The van der Waals surface area contributed by atoms with E-state index in [2.05, 4.69) is 53.4 Å². The van der Waals surface area contributed by atoms with Gasteiger partial charge in [-0.05, 0) is 47.5 Å². The Labute approximate surface area is 238 Å². The van der Waals surface area contributed by atoms with Crippen LogP contribution in [0.4, 0.5) is 4.39 Å². The van der Waals surface area contributed by atoms with Gasteiger partial charge in [-0.2, -0.15) is 5.10 Å². The van der Waals surface area contributed by atoms with Gasteiger partial charge in [-0.25, -0.2) is 9.07 Å². The first-order valence-corrected chi connectivity index (χ1v) is 13.7. The fourth-order valence-electron chi connectivity index (χ4n) is 5.34. The minimum Gasteiger partial charge on any atom is -0.335 e. The van der Waals surface area contributed by atoms with Gasteiger partial charge in [0, 0.05) is 31.7 Å². The van der Waals surface area contributed by atoms with Crippen LogP contribution >= 0.6 is 11.6 Å². The van der Waals surface area contributed by atoms with Gasteiger partial charge in [0.15, 0.2) is 0 Å². The molecular formula is C33H28ClFN4O. The van der Waals surface area contributed by atoms with Crippen molar-refractivity contribution in [3.63, 3.8) is 0 Å². The molecule has 0 bridgehead atoms. The number of amides is 1. The molecule has 2 heterocycles. The van der Waals surface area contributed by atoms with Gasteiger partial charge in [-0.1, -0.05) is 90.5 Å². The number of carbonyl (C=O) groups excluding carboxylic acids is 1. The summed E-state index contributed by atoms with van der Waals surface area (Å²) < 4.78 is 15.3. The second-order valence-corrected chi connectivity index (χ2v) is 10.2. The van der Waals surface area contributed by atoms with E-state index in [1.54, 1.807) is 28.9 Å². The number of halogens is 2. The third kappa shape index (κ3) is 5.28. The van der Waals surface area contributed by atoms with Crippen molar-refractivity contribution < 1.29 is 9.18 Å². The van der Waals surface area contributed by atoms with Gasteiger partial charge in [-0.3, -0.25) is 9.69 Å². The lowest BCUT2D eigenvalue weighted by Crippen LogP contribution is -2.50. The van der Waals surface area contributed by atoms with Crippen LogP contribution < -0.4 is 0 Å². The molecule has 1 aromatic heterocycles. The average molecular weight is 551 g/mol. The number of benzene rings is 4. The topological polar surface area (TPSA) is 41.4 Å². The standard InChI is InChI=1S/C33H28ClFN4O/c34-29-14-8-7-13-28(29)30-23-31(39(36-30)27-17-15-26(35)16-18-27)33(40)38-21-19-37(20-22-38)32(24-9-3-1-4-10-24)25-11-5-2-6-12-25/h1-18,23,32H,19-22H2. The summed E-state index contributed by atoms with van der Waals surface area (Å²) in [6.45, 7) is 2.60. The van der Waals surface area contributed by atoms with Crippen LogP contribution in [0.1, 0.15) is 27.7 Å². The highest BCUT2D eigenvalue weighted by atomic mass is 35.5. The van der Waals surface area contributed by atoms with Crippen molar-refractivity contribution in [2.24, 2.45) is 0 Å². The van der Waals surface area contributed by atoms with Crippen LogP contribution in [0, 0.1) is 5.82 Å². The van der Waals surface area contributed by atoms with Crippen LogP contribution in [-0.4, -0.2) is 51.7 Å². The Bertz CT molecular complexity index is 1560. The summed E-state index contributed by atoms with van der Waals surface area (Å²) in [5, 5.41) is 5.28. The largest absolute Gasteiger partial charge is 0.335 e. The minimum atomic E-state index is -0.349. The van der Waals surface area contributed by atoms with E-state index in [4.69, 9.17) is 16.7 Å². The Hall–Kier alpha value is -4.26. The van der Waals surface area contributed by atoms with Crippen LogP contribution in [0.3, 0.4) is 0 Å². The minimum absolute atomic E-state index is 0.108. The zero-order chi connectivity index (χ0) is 27.5. The third-order valence-corrected chi connectivity index (χ3v) is 7.68. The molecule has 4 aromatic carbocycles. The Morgan fingerprint density at radius 2 is 1.32 bits per heavy atom. The maximum atomic E-state index is 13.9. The highest BCUT2D eigenvalue weighted by Crippen LogP contribution is 2.31. The van der Waals surface area contributed by atoms with E-state index in [1.165, 1.54) is 23.3 Å². The van der Waals surface area contributed by atoms with Crippen LogP contribution in [-0.2, 0) is 0 Å². The van der Waals surface area contributed by atoms with Gasteiger partial charge in [0.2, 0.25) is 0 Å².